The number of fused-ring (bicyclic) bond motifs is 8. The summed E-state index contributed by atoms with van der Waals surface area (Å²) in [7, 11) is 0. The lowest BCUT2D eigenvalue weighted by atomic mass is 9.94. The van der Waals surface area contributed by atoms with E-state index in [9.17, 15) is 0 Å². The first-order valence-corrected chi connectivity index (χ1v) is 16.6. The molecule has 0 saturated carbocycles. The number of benzene rings is 8. The molecule has 0 fully saturated rings. The summed E-state index contributed by atoms with van der Waals surface area (Å²) < 4.78 is 12.7. The highest BCUT2D eigenvalue weighted by Gasteiger charge is 2.18. The van der Waals surface area contributed by atoms with Crippen molar-refractivity contribution in [1.29, 1.82) is 0 Å². The van der Waals surface area contributed by atoms with Crippen LogP contribution >= 0.6 is 0 Å². The van der Waals surface area contributed by atoms with E-state index in [1.807, 2.05) is 24.3 Å². The van der Waals surface area contributed by atoms with Gasteiger partial charge in [0.15, 0.2) is 0 Å². The Hall–Kier alpha value is -6.58. The standard InChI is InChI=1S/C46H29NO2/c1-2-10-30(11-3-1)36-12-4-5-13-37(36)31-18-22-33(23-19-31)47(35-25-26-39-38-14-6-8-16-42(38)49-45(39)29-35)34-24-20-32-21-27-44-46(41(32)28-34)40-15-7-9-17-43(40)48-44/h1-29H. The van der Waals surface area contributed by atoms with Gasteiger partial charge in [0.1, 0.15) is 22.3 Å². The van der Waals surface area contributed by atoms with Crippen LogP contribution in [0, 0.1) is 0 Å². The maximum absolute atomic E-state index is 6.37. The highest BCUT2D eigenvalue weighted by Crippen LogP contribution is 2.42. The molecule has 2 aromatic heterocycles. The third kappa shape index (κ3) is 4.51. The number of rotatable bonds is 5. The van der Waals surface area contributed by atoms with Crippen LogP contribution < -0.4 is 4.90 Å². The topological polar surface area (TPSA) is 29.5 Å². The Bertz CT molecular complexity index is 2830. The highest BCUT2D eigenvalue weighted by atomic mass is 16.3. The summed E-state index contributed by atoms with van der Waals surface area (Å²) in [6.45, 7) is 0. The SMILES string of the molecule is c1ccc(-c2ccccc2-c2ccc(N(c3ccc4c(c3)oc3ccccc34)c3ccc4ccc5oc6ccccc6c5c4c3)cc2)cc1. The van der Waals surface area contributed by atoms with Gasteiger partial charge in [-0.3, -0.25) is 0 Å². The van der Waals surface area contributed by atoms with Crippen LogP contribution in [-0.4, -0.2) is 0 Å². The monoisotopic (exact) mass is 627 g/mol. The first-order valence-electron chi connectivity index (χ1n) is 16.6. The molecule has 8 aromatic carbocycles. The lowest BCUT2D eigenvalue weighted by Crippen LogP contribution is -2.09. The van der Waals surface area contributed by atoms with Crippen LogP contribution in [0.2, 0.25) is 0 Å². The van der Waals surface area contributed by atoms with Crippen molar-refractivity contribution in [2.75, 3.05) is 4.90 Å². The summed E-state index contributed by atoms with van der Waals surface area (Å²) in [4.78, 5) is 2.32. The van der Waals surface area contributed by atoms with E-state index in [1.165, 1.54) is 27.6 Å². The van der Waals surface area contributed by atoms with E-state index >= 15 is 0 Å². The van der Waals surface area contributed by atoms with Gasteiger partial charge in [-0.1, -0.05) is 115 Å². The average molecular weight is 628 g/mol. The third-order valence-electron chi connectivity index (χ3n) is 9.67. The van der Waals surface area contributed by atoms with Crippen LogP contribution in [0.5, 0.6) is 0 Å². The van der Waals surface area contributed by atoms with Crippen molar-refractivity contribution in [3.05, 3.63) is 176 Å². The molecule has 0 aliphatic carbocycles. The molecule has 0 unspecified atom stereocenters. The van der Waals surface area contributed by atoms with Crippen LogP contribution in [0.15, 0.2) is 185 Å². The van der Waals surface area contributed by atoms with Crippen molar-refractivity contribution in [2.24, 2.45) is 0 Å². The average Bonchev–Trinajstić information content (AvgIpc) is 3.74. The zero-order valence-electron chi connectivity index (χ0n) is 26.5. The van der Waals surface area contributed by atoms with Crippen molar-refractivity contribution < 1.29 is 8.83 Å². The predicted octanol–water partition coefficient (Wildman–Crippen LogP) is 13.4. The van der Waals surface area contributed by atoms with Crippen LogP contribution in [-0.2, 0) is 0 Å². The zero-order chi connectivity index (χ0) is 32.3. The quantitative estimate of drug-likeness (QED) is 0.190. The van der Waals surface area contributed by atoms with E-state index in [0.717, 1.165) is 66.3 Å². The largest absolute Gasteiger partial charge is 0.456 e. The zero-order valence-corrected chi connectivity index (χ0v) is 26.5. The molecule has 2 heterocycles. The minimum Gasteiger partial charge on any atom is -0.456 e. The van der Waals surface area contributed by atoms with Crippen molar-refractivity contribution in [1.82, 2.24) is 0 Å². The van der Waals surface area contributed by atoms with Gasteiger partial charge in [-0.2, -0.15) is 0 Å². The van der Waals surface area contributed by atoms with Crippen LogP contribution in [0.25, 0.3) is 76.9 Å². The first kappa shape index (κ1) is 27.5. The molecular formula is C46H29NO2. The first-order chi connectivity index (χ1) is 24.3. The fraction of sp³-hybridized carbons (Fsp3) is 0. The van der Waals surface area contributed by atoms with Crippen molar-refractivity contribution in [3.8, 4) is 22.3 Å². The second-order valence-corrected chi connectivity index (χ2v) is 12.5. The fourth-order valence-corrected chi connectivity index (χ4v) is 7.37. The number of para-hydroxylation sites is 2. The summed E-state index contributed by atoms with van der Waals surface area (Å²) >= 11 is 0. The molecule has 0 aliphatic heterocycles. The van der Waals surface area contributed by atoms with Crippen LogP contribution in [0.3, 0.4) is 0 Å². The molecule has 0 amide bonds. The Kier molecular flexibility index (Phi) is 6.18. The van der Waals surface area contributed by atoms with Crippen molar-refractivity contribution in [2.45, 2.75) is 0 Å². The van der Waals surface area contributed by atoms with Crippen molar-refractivity contribution >= 4 is 71.7 Å². The number of nitrogens with zero attached hydrogens (tertiary/aromatic N) is 1. The van der Waals surface area contributed by atoms with Gasteiger partial charge >= 0.3 is 0 Å². The summed E-state index contributed by atoms with van der Waals surface area (Å²) in [5.41, 5.74) is 11.5. The summed E-state index contributed by atoms with van der Waals surface area (Å²) in [5.74, 6) is 0. The van der Waals surface area contributed by atoms with Gasteiger partial charge in [0.25, 0.3) is 0 Å². The third-order valence-corrected chi connectivity index (χ3v) is 9.67. The highest BCUT2D eigenvalue weighted by molar-refractivity contribution is 6.19. The summed E-state index contributed by atoms with van der Waals surface area (Å²) in [6, 6.07) is 62.1. The van der Waals surface area contributed by atoms with Crippen LogP contribution in [0.4, 0.5) is 17.1 Å². The molecule has 49 heavy (non-hydrogen) atoms. The van der Waals surface area contributed by atoms with Gasteiger partial charge in [0.05, 0.1) is 0 Å². The molecule has 10 rings (SSSR count). The second-order valence-electron chi connectivity index (χ2n) is 12.5. The predicted molar refractivity (Wildman–Crippen MR) is 204 cm³/mol. The Balaban J connectivity index is 1.16. The van der Waals surface area contributed by atoms with E-state index < -0.39 is 0 Å². The van der Waals surface area contributed by atoms with E-state index in [2.05, 4.69) is 157 Å². The van der Waals surface area contributed by atoms with E-state index in [0.29, 0.717) is 0 Å². The Morgan fingerprint density at radius 3 is 1.67 bits per heavy atom. The Morgan fingerprint density at radius 2 is 0.878 bits per heavy atom. The lowest BCUT2D eigenvalue weighted by Gasteiger charge is -2.26. The maximum atomic E-state index is 6.37. The number of hydrogen-bond acceptors (Lipinski definition) is 3. The smallest absolute Gasteiger partial charge is 0.137 e. The van der Waals surface area contributed by atoms with Gasteiger partial charge in [-0.05, 0) is 87.6 Å². The van der Waals surface area contributed by atoms with Gasteiger partial charge in [-0.15, -0.1) is 0 Å². The maximum Gasteiger partial charge on any atom is 0.137 e. The molecule has 3 heteroatoms. The molecule has 0 atom stereocenters. The summed E-state index contributed by atoms with van der Waals surface area (Å²) in [6.07, 6.45) is 0. The lowest BCUT2D eigenvalue weighted by molar-refractivity contribution is 0.668. The number of furan rings is 2. The minimum atomic E-state index is 0.862. The van der Waals surface area contributed by atoms with E-state index in [1.54, 1.807) is 0 Å². The molecule has 0 bridgehead atoms. The van der Waals surface area contributed by atoms with Gasteiger partial charge in [-0.25, -0.2) is 0 Å². The number of anilines is 3. The second kappa shape index (κ2) is 11.0. The Labute approximate surface area is 282 Å². The molecule has 10 aromatic rings. The molecule has 0 N–H and O–H groups in total. The van der Waals surface area contributed by atoms with Gasteiger partial charge in [0, 0.05) is 44.7 Å². The van der Waals surface area contributed by atoms with Crippen molar-refractivity contribution in [3.63, 3.8) is 0 Å². The molecule has 0 radical (unpaired) electrons. The molecule has 0 spiro atoms. The van der Waals surface area contributed by atoms with Crippen LogP contribution in [0.1, 0.15) is 0 Å². The normalized spacial score (nSPS) is 11.7. The number of hydrogen-bond donors (Lipinski definition) is 0. The van der Waals surface area contributed by atoms with Gasteiger partial charge in [0.2, 0.25) is 0 Å². The molecule has 3 nitrogen and oxygen atoms in total. The van der Waals surface area contributed by atoms with Gasteiger partial charge < -0.3 is 13.7 Å². The van der Waals surface area contributed by atoms with E-state index in [-0.39, 0.29) is 0 Å². The van der Waals surface area contributed by atoms with E-state index in [4.69, 9.17) is 8.83 Å². The minimum absolute atomic E-state index is 0.862. The fourth-order valence-electron chi connectivity index (χ4n) is 7.37. The molecule has 0 aliphatic rings. The summed E-state index contributed by atoms with van der Waals surface area (Å²) in [5, 5.41) is 6.81. The molecule has 0 saturated heterocycles. The Morgan fingerprint density at radius 1 is 0.327 bits per heavy atom. The molecule has 230 valence electrons. The molecular weight excluding hydrogens is 599 g/mol.